The van der Waals surface area contributed by atoms with E-state index in [-0.39, 0.29) is 23.5 Å². The van der Waals surface area contributed by atoms with Gasteiger partial charge in [-0.05, 0) is 32.9 Å². The summed E-state index contributed by atoms with van der Waals surface area (Å²) in [6.45, 7) is 2.44. The Balaban J connectivity index is 1.77. The molecule has 1 amide bonds. The summed E-state index contributed by atoms with van der Waals surface area (Å²) in [6, 6.07) is 3.42. The van der Waals surface area contributed by atoms with Crippen molar-refractivity contribution in [1.82, 2.24) is 5.32 Å². The maximum absolute atomic E-state index is 13.6. The number of ether oxygens (including phenoxy) is 3. The molecule has 1 aromatic rings. The van der Waals surface area contributed by atoms with Gasteiger partial charge in [0.2, 0.25) is 0 Å². The molecular weight excluding hydrogens is 327 g/mol. The lowest BCUT2D eigenvalue weighted by molar-refractivity contribution is -0.0525. The maximum atomic E-state index is 13.6. The van der Waals surface area contributed by atoms with Gasteiger partial charge in [0.15, 0.2) is 11.6 Å². The van der Waals surface area contributed by atoms with Crippen molar-refractivity contribution in [3.63, 3.8) is 0 Å². The minimum Gasteiger partial charge on any atom is -0.490 e. The fourth-order valence-electron chi connectivity index (χ4n) is 2.14. The zero-order valence-electron chi connectivity index (χ0n) is 13.6. The molecule has 0 aliphatic heterocycles. The molecule has 0 bridgehead atoms. The molecule has 0 radical (unpaired) electrons. The van der Waals surface area contributed by atoms with Crippen LogP contribution >= 0.6 is 0 Å². The van der Waals surface area contributed by atoms with E-state index >= 15 is 0 Å². The molecule has 0 aromatic heterocycles. The largest absolute Gasteiger partial charge is 0.490 e. The van der Waals surface area contributed by atoms with Crippen molar-refractivity contribution in [2.45, 2.75) is 58.0 Å². The lowest BCUT2D eigenvalue weighted by Gasteiger charge is -2.35. The smallest absolute Gasteiger partial charge is 0.407 e. The third kappa shape index (κ3) is 5.50. The second-order valence-electron chi connectivity index (χ2n) is 6.58. The van der Waals surface area contributed by atoms with Gasteiger partial charge in [0.1, 0.15) is 18.0 Å². The second kappa shape index (κ2) is 7.19. The van der Waals surface area contributed by atoms with E-state index in [0.717, 1.165) is 12.1 Å². The van der Waals surface area contributed by atoms with E-state index in [9.17, 15) is 18.0 Å². The highest BCUT2D eigenvalue weighted by atomic mass is 19.3. The predicted molar refractivity (Wildman–Crippen MR) is 79.8 cm³/mol. The Morgan fingerprint density at radius 3 is 2.46 bits per heavy atom. The Bertz CT molecular complexity index is 583. The number of carbonyl (C=O) groups is 1. The van der Waals surface area contributed by atoms with Gasteiger partial charge in [0, 0.05) is 24.4 Å². The van der Waals surface area contributed by atoms with Crippen molar-refractivity contribution in [1.29, 1.82) is 0 Å². The van der Waals surface area contributed by atoms with Crippen molar-refractivity contribution >= 4 is 6.09 Å². The first-order chi connectivity index (χ1) is 11.1. The van der Waals surface area contributed by atoms with Crippen LogP contribution in [-0.2, 0) is 4.74 Å². The summed E-state index contributed by atoms with van der Waals surface area (Å²) in [5.41, 5.74) is -0.379. The van der Waals surface area contributed by atoms with Gasteiger partial charge in [0.05, 0.1) is 0 Å². The zero-order valence-corrected chi connectivity index (χ0v) is 13.6. The first-order valence-electron chi connectivity index (χ1n) is 7.52. The molecular formula is C16H20F3NO4. The molecule has 5 nitrogen and oxygen atoms in total. The van der Waals surface area contributed by atoms with Crippen molar-refractivity contribution in [3.8, 4) is 11.5 Å². The maximum Gasteiger partial charge on any atom is 0.407 e. The fraction of sp³-hybridized carbons (Fsp3) is 0.562. The van der Waals surface area contributed by atoms with Crippen molar-refractivity contribution in [3.05, 3.63) is 24.0 Å². The monoisotopic (exact) mass is 347 g/mol. The van der Waals surface area contributed by atoms with Crippen LogP contribution in [0.15, 0.2) is 18.2 Å². The molecule has 8 heteroatoms. The van der Waals surface area contributed by atoms with Crippen LogP contribution < -0.4 is 14.8 Å². The molecule has 24 heavy (non-hydrogen) atoms. The summed E-state index contributed by atoms with van der Waals surface area (Å²) in [6.07, 6.45) is -0.0176. The van der Waals surface area contributed by atoms with Crippen LogP contribution in [0.3, 0.4) is 0 Å². The standard InChI is InChI=1S/C16H20F3NO4/c1-16(2,3)20-15(21)23-11-6-10(7-11)22-9-4-5-13(12(17)8-9)24-14(18)19/h4-5,8,10-11,14H,6-7H2,1-3H3,(H,20,21). The quantitative estimate of drug-likeness (QED) is 0.879. The van der Waals surface area contributed by atoms with Gasteiger partial charge in [-0.2, -0.15) is 8.78 Å². The molecule has 1 N–H and O–H groups in total. The molecule has 2 rings (SSSR count). The molecule has 0 saturated heterocycles. The topological polar surface area (TPSA) is 56.8 Å². The van der Waals surface area contributed by atoms with Gasteiger partial charge < -0.3 is 19.5 Å². The number of alkyl halides is 2. The van der Waals surface area contributed by atoms with Gasteiger partial charge in [-0.15, -0.1) is 0 Å². The number of hydrogen-bond donors (Lipinski definition) is 1. The number of hydrogen-bond acceptors (Lipinski definition) is 4. The van der Waals surface area contributed by atoms with E-state index < -0.39 is 24.3 Å². The SMILES string of the molecule is CC(C)(C)NC(=O)OC1CC(Oc2ccc(OC(F)F)c(F)c2)C1. The number of amides is 1. The minimum atomic E-state index is -3.09. The molecule has 0 heterocycles. The van der Waals surface area contributed by atoms with E-state index in [2.05, 4.69) is 10.1 Å². The highest BCUT2D eigenvalue weighted by molar-refractivity contribution is 5.68. The number of carbonyl (C=O) groups excluding carboxylic acids is 1. The lowest BCUT2D eigenvalue weighted by atomic mass is 9.92. The summed E-state index contributed by atoms with van der Waals surface area (Å²) in [7, 11) is 0. The van der Waals surface area contributed by atoms with E-state index in [1.165, 1.54) is 6.07 Å². The third-order valence-electron chi connectivity index (χ3n) is 3.22. The fourth-order valence-corrected chi connectivity index (χ4v) is 2.14. The number of alkyl carbamates (subject to hydrolysis) is 1. The van der Waals surface area contributed by atoms with Gasteiger partial charge in [-0.1, -0.05) is 0 Å². The van der Waals surface area contributed by atoms with Gasteiger partial charge in [-0.3, -0.25) is 0 Å². The number of nitrogens with one attached hydrogen (secondary N) is 1. The molecule has 1 aliphatic carbocycles. The summed E-state index contributed by atoms with van der Waals surface area (Å²) in [5, 5.41) is 2.69. The van der Waals surface area contributed by atoms with Crippen LogP contribution in [0, 0.1) is 5.82 Å². The van der Waals surface area contributed by atoms with Crippen molar-refractivity contribution in [2.24, 2.45) is 0 Å². The Morgan fingerprint density at radius 2 is 1.92 bits per heavy atom. The van der Waals surface area contributed by atoms with Crippen LogP contribution in [0.4, 0.5) is 18.0 Å². The Labute approximate surface area is 138 Å². The van der Waals surface area contributed by atoms with Crippen LogP contribution in [0.1, 0.15) is 33.6 Å². The van der Waals surface area contributed by atoms with E-state index in [0.29, 0.717) is 12.8 Å². The van der Waals surface area contributed by atoms with Crippen LogP contribution in [-0.4, -0.2) is 30.5 Å². The summed E-state index contributed by atoms with van der Waals surface area (Å²) >= 11 is 0. The Kier molecular flexibility index (Phi) is 5.46. The van der Waals surface area contributed by atoms with E-state index in [4.69, 9.17) is 9.47 Å². The molecule has 0 unspecified atom stereocenters. The third-order valence-corrected chi connectivity index (χ3v) is 3.22. The number of benzene rings is 1. The first kappa shape index (κ1) is 18.2. The minimum absolute atomic E-state index is 0.205. The molecule has 134 valence electrons. The summed E-state index contributed by atoms with van der Waals surface area (Å²) in [4.78, 5) is 11.6. The molecule has 0 spiro atoms. The molecule has 1 saturated carbocycles. The van der Waals surface area contributed by atoms with Crippen LogP contribution in [0.5, 0.6) is 11.5 Å². The average Bonchev–Trinajstić information content (AvgIpc) is 2.36. The Hall–Kier alpha value is -2.12. The first-order valence-corrected chi connectivity index (χ1v) is 7.52. The highest BCUT2D eigenvalue weighted by Crippen LogP contribution is 2.31. The van der Waals surface area contributed by atoms with E-state index in [1.54, 1.807) is 0 Å². The molecule has 1 aliphatic rings. The van der Waals surface area contributed by atoms with Crippen molar-refractivity contribution in [2.75, 3.05) is 0 Å². The Morgan fingerprint density at radius 1 is 1.25 bits per heavy atom. The highest BCUT2D eigenvalue weighted by Gasteiger charge is 2.34. The number of halogens is 3. The average molecular weight is 347 g/mol. The van der Waals surface area contributed by atoms with Gasteiger partial charge in [0.25, 0.3) is 0 Å². The normalized spacial score (nSPS) is 20.3. The second-order valence-corrected chi connectivity index (χ2v) is 6.58. The molecule has 1 aromatic carbocycles. The van der Waals surface area contributed by atoms with Crippen LogP contribution in [0.2, 0.25) is 0 Å². The summed E-state index contributed by atoms with van der Waals surface area (Å²) < 4.78 is 52.4. The zero-order chi connectivity index (χ0) is 17.9. The number of rotatable bonds is 5. The van der Waals surface area contributed by atoms with E-state index in [1.807, 2.05) is 20.8 Å². The lowest BCUT2D eigenvalue weighted by Crippen LogP contribution is -2.46. The van der Waals surface area contributed by atoms with Gasteiger partial charge >= 0.3 is 12.7 Å². The summed E-state index contributed by atoms with van der Waals surface area (Å²) in [5.74, 6) is -1.26. The molecule has 0 atom stereocenters. The molecule has 1 fully saturated rings. The van der Waals surface area contributed by atoms with Crippen LogP contribution in [0.25, 0.3) is 0 Å². The predicted octanol–water partition coefficient (Wildman–Crippen LogP) is 3.86. The van der Waals surface area contributed by atoms with Gasteiger partial charge in [-0.25, -0.2) is 9.18 Å². The van der Waals surface area contributed by atoms with Crippen molar-refractivity contribution < 1.29 is 32.2 Å².